The molecule has 1 aromatic rings. The predicted octanol–water partition coefficient (Wildman–Crippen LogP) is 2.80. The van der Waals surface area contributed by atoms with Gasteiger partial charge in [-0.05, 0) is 37.5 Å². The number of amides is 1. The van der Waals surface area contributed by atoms with E-state index in [1.165, 1.54) is 11.8 Å². The third kappa shape index (κ3) is 3.55. The predicted molar refractivity (Wildman–Crippen MR) is 92.4 cm³/mol. The zero-order chi connectivity index (χ0) is 20.9. The normalized spacial score (nSPS) is 25.0. The highest BCUT2D eigenvalue weighted by atomic mass is 32.2. The summed E-state index contributed by atoms with van der Waals surface area (Å²) in [6.07, 6.45) is -6.13. The molecular weight excluding hydrogens is 397 g/mol. The molecule has 1 aliphatic carbocycles. The van der Waals surface area contributed by atoms with Crippen LogP contribution in [0.2, 0.25) is 0 Å². The number of carbonyl (C=O) groups is 1. The molecule has 1 aromatic carbocycles. The summed E-state index contributed by atoms with van der Waals surface area (Å²) in [4.78, 5) is 14.2. The molecule has 1 amide bonds. The van der Waals surface area contributed by atoms with Crippen LogP contribution in [0.25, 0.3) is 0 Å². The Kier molecular flexibility index (Phi) is 4.86. The summed E-state index contributed by atoms with van der Waals surface area (Å²) in [5.41, 5.74) is -0.844. The molecule has 1 aliphatic heterocycles. The maximum Gasteiger partial charge on any atom is 0.425 e. The number of benzene rings is 1. The smallest absolute Gasteiger partial charge is 0.425 e. The lowest BCUT2D eigenvalue weighted by Crippen LogP contribution is -2.34. The first-order chi connectivity index (χ1) is 12.9. The molecule has 0 aromatic heterocycles. The fourth-order valence-corrected chi connectivity index (χ4v) is 4.28. The van der Waals surface area contributed by atoms with Crippen molar-refractivity contribution < 1.29 is 31.1 Å². The number of carbonyl (C=O) groups excluding carboxylic acids is 1. The molecule has 1 saturated heterocycles. The Bertz CT molecular complexity index is 955. The number of hydrogen-bond acceptors (Lipinski definition) is 5. The van der Waals surface area contributed by atoms with Crippen molar-refractivity contribution in [1.82, 2.24) is 4.90 Å². The number of likely N-dealkylation sites (tertiary alicyclic amines) is 1. The van der Waals surface area contributed by atoms with Crippen molar-refractivity contribution in [3.8, 4) is 11.8 Å². The lowest BCUT2D eigenvalue weighted by Gasteiger charge is -2.23. The van der Waals surface area contributed by atoms with E-state index in [1.807, 2.05) is 0 Å². The van der Waals surface area contributed by atoms with Gasteiger partial charge in [0.25, 0.3) is 5.91 Å². The van der Waals surface area contributed by atoms with Crippen molar-refractivity contribution in [2.75, 3.05) is 18.8 Å². The molecule has 2 unspecified atom stereocenters. The Morgan fingerprint density at radius 1 is 1.46 bits per heavy atom. The van der Waals surface area contributed by atoms with Crippen molar-refractivity contribution in [2.24, 2.45) is 11.3 Å². The first kappa shape index (κ1) is 20.5. The number of hydrogen-bond donors (Lipinski definition) is 0. The molecule has 3 atom stereocenters. The van der Waals surface area contributed by atoms with E-state index >= 15 is 0 Å². The van der Waals surface area contributed by atoms with Gasteiger partial charge in [-0.3, -0.25) is 4.79 Å². The molecule has 1 saturated carbocycles. The first-order valence-electron chi connectivity index (χ1n) is 8.74. The van der Waals surface area contributed by atoms with Crippen LogP contribution in [0.1, 0.15) is 30.6 Å². The zero-order valence-electron chi connectivity index (χ0n) is 15.3. The summed E-state index contributed by atoms with van der Waals surface area (Å²) in [5.74, 6) is -1.15. The Balaban J connectivity index is 1.97. The summed E-state index contributed by atoms with van der Waals surface area (Å²) >= 11 is 0. The Morgan fingerprint density at radius 2 is 2.14 bits per heavy atom. The standard InChI is InChI=1S/C18H19F3N2O4S/c1-3-28(25,26)13-4-5-15(27-11(2)18(19,20)21)14(6-13)16(24)23-8-12-7-17(12,9-22)10-23/h4-6,11-12H,3,7-8,10H2,1-2H3/t11-,12?,17?/m1/s1. The van der Waals surface area contributed by atoms with Crippen LogP contribution in [0.3, 0.4) is 0 Å². The second kappa shape index (κ2) is 6.65. The number of nitriles is 1. The zero-order valence-corrected chi connectivity index (χ0v) is 16.1. The van der Waals surface area contributed by atoms with Gasteiger partial charge in [0.15, 0.2) is 15.9 Å². The van der Waals surface area contributed by atoms with Gasteiger partial charge in [-0.1, -0.05) is 6.92 Å². The molecule has 0 bridgehead atoms. The molecule has 6 nitrogen and oxygen atoms in total. The largest absolute Gasteiger partial charge is 0.480 e. The van der Waals surface area contributed by atoms with Crippen LogP contribution >= 0.6 is 0 Å². The molecule has 2 aliphatic rings. The van der Waals surface area contributed by atoms with E-state index in [2.05, 4.69) is 6.07 Å². The van der Waals surface area contributed by atoms with Gasteiger partial charge < -0.3 is 9.64 Å². The van der Waals surface area contributed by atoms with Crippen molar-refractivity contribution in [3.63, 3.8) is 0 Å². The second-order valence-electron chi connectivity index (χ2n) is 7.22. The van der Waals surface area contributed by atoms with Crippen LogP contribution < -0.4 is 4.74 Å². The van der Waals surface area contributed by atoms with Gasteiger partial charge in [0, 0.05) is 13.1 Å². The van der Waals surface area contributed by atoms with E-state index in [9.17, 15) is 31.6 Å². The van der Waals surface area contributed by atoms with E-state index in [0.29, 0.717) is 13.0 Å². The van der Waals surface area contributed by atoms with E-state index in [0.717, 1.165) is 25.1 Å². The molecule has 0 N–H and O–H groups in total. The number of sulfone groups is 1. The highest BCUT2D eigenvalue weighted by Gasteiger charge is 2.61. The topological polar surface area (TPSA) is 87.5 Å². The minimum atomic E-state index is -4.64. The molecule has 0 radical (unpaired) electrons. The third-order valence-corrected chi connectivity index (χ3v) is 7.07. The minimum absolute atomic E-state index is 0.0440. The number of halogens is 3. The van der Waals surface area contributed by atoms with Crippen LogP contribution in [0.5, 0.6) is 5.75 Å². The van der Waals surface area contributed by atoms with E-state index in [-0.39, 0.29) is 34.4 Å². The third-order valence-electron chi connectivity index (χ3n) is 5.34. The van der Waals surface area contributed by atoms with Crippen molar-refractivity contribution in [2.45, 2.75) is 37.4 Å². The monoisotopic (exact) mass is 416 g/mol. The van der Waals surface area contributed by atoms with Gasteiger partial charge in [0.1, 0.15) is 5.75 Å². The summed E-state index contributed by atoms with van der Waals surface area (Å²) in [6.45, 7) is 2.72. The number of rotatable bonds is 5. The van der Waals surface area contributed by atoms with Crippen molar-refractivity contribution in [1.29, 1.82) is 5.26 Å². The van der Waals surface area contributed by atoms with Crippen molar-refractivity contribution >= 4 is 15.7 Å². The summed E-state index contributed by atoms with van der Waals surface area (Å²) in [6, 6.07) is 5.46. The summed E-state index contributed by atoms with van der Waals surface area (Å²) in [7, 11) is -3.67. The Labute approximate surface area is 160 Å². The van der Waals surface area contributed by atoms with Crippen LogP contribution in [0.4, 0.5) is 13.2 Å². The minimum Gasteiger partial charge on any atom is -0.480 e. The maximum atomic E-state index is 13.0. The lowest BCUT2D eigenvalue weighted by atomic mass is 10.1. The summed E-state index contributed by atoms with van der Waals surface area (Å²) < 4.78 is 67.9. The quantitative estimate of drug-likeness (QED) is 0.737. The highest BCUT2D eigenvalue weighted by Crippen LogP contribution is 2.57. The van der Waals surface area contributed by atoms with Crippen molar-refractivity contribution in [3.05, 3.63) is 23.8 Å². The average molecular weight is 416 g/mol. The number of ether oxygens (including phenoxy) is 1. The van der Waals surface area contributed by atoms with Gasteiger partial charge in [-0.25, -0.2) is 8.42 Å². The van der Waals surface area contributed by atoms with E-state index in [4.69, 9.17) is 4.74 Å². The van der Waals surface area contributed by atoms with Gasteiger partial charge in [0.2, 0.25) is 0 Å². The van der Waals surface area contributed by atoms with Crippen LogP contribution in [-0.2, 0) is 9.84 Å². The fraction of sp³-hybridized carbons (Fsp3) is 0.556. The number of fused-ring (bicyclic) bond motifs is 1. The molecule has 3 rings (SSSR count). The van der Waals surface area contributed by atoms with Crippen LogP contribution in [0.15, 0.2) is 23.1 Å². The van der Waals surface area contributed by atoms with E-state index < -0.39 is 33.4 Å². The molecule has 2 fully saturated rings. The molecule has 10 heteroatoms. The van der Waals surface area contributed by atoms with Crippen LogP contribution in [-0.4, -0.2) is 50.3 Å². The number of piperidine rings is 1. The first-order valence-corrected chi connectivity index (χ1v) is 10.4. The molecule has 152 valence electrons. The molecule has 1 heterocycles. The van der Waals surface area contributed by atoms with E-state index in [1.54, 1.807) is 0 Å². The van der Waals surface area contributed by atoms with Gasteiger partial charge >= 0.3 is 6.18 Å². The molecule has 0 spiro atoms. The van der Waals surface area contributed by atoms with Crippen LogP contribution in [0, 0.1) is 22.7 Å². The number of nitrogens with zero attached hydrogens (tertiary/aromatic N) is 2. The maximum absolute atomic E-state index is 13.0. The lowest BCUT2D eigenvalue weighted by molar-refractivity contribution is -0.189. The van der Waals surface area contributed by atoms with Gasteiger partial charge in [-0.2, -0.15) is 18.4 Å². The Hall–Kier alpha value is -2.28. The number of alkyl halides is 3. The Morgan fingerprint density at radius 3 is 2.68 bits per heavy atom. The molecular formula is C18H19F3N2O4S. The highest BCUT2D eigenvalue weighted by molar-refractivity contribution is 7.91. The SMILES string of the molecule is CCS(=O)(=O)c1ccc(O[C@H](C)C(F)(F)F)c(C(=O)N2CC3CC3(C#N)C2)c1. The van der Waals surface area contributed by atoms with Gasteiger partial charge in [-0.15, -0.1) is 0 Å². The van der Waals surface area contributed by atoms with Gasteiger partial charge in [0.05, 0.1) is 27.7 Å². The molecule has 28 heavy (non-hydrogen) atoms. The average Bonchev–Trinajstić information content (AvgIpc) is 3.21. The summed E-state index contributed by atoms with van der Waals surface area (Å²) in [5, 5.41) is 9.27. The fourth-order valence-electron chi connectivity index (χ4n) is 3.38. The second-order valence-corrected chi connectivity index (χ2v) is 9.50.